The summed E-state index contributed by atoms with van der Waals surface area (Å²) in [6.07, 6.45) is -2.07. The fourth-order valence-electron chi connectivity index (χ4n) is 5.07. The molecule has 0 saturated carbocycles. The summed E-state index contributed by atoms with van der Waals surface area (Å²) in [5.74, 6) is -0.351. The van der Waals surface area contributed by atoms with Gasteiger partial charge in [-0.3, -0.25) is 4.90 Å². The van der Waals surface area contributed by atoms with E-state index in [1.807, 2.05) is 36.9 Å². The van der Waals surface area contributed by atoms with Gasteiger partial charge in [-0.05, 0) is 32.3 Å². The van der Waals surface area contributed by atoms with Gasteiger partial charge in [0.2, 0.25) is 11.8 Å². The SMILES string of the molecule is COc1nc(N2C[C@@H](C)N(C(=O)NC3CCN(Cc4ccccc4)CC3)[C@@H](C)C2)ncc1C(F)(F)F. The highest BCUT2D eigenvalue weighted by molar-refractivity contribution is 5.75. The quantitative estimate of drug-likeness (QED) is 0.666. The molecule has 1 N–H and O–H groups in total. The van der Waals surface area contributed by atoms with Crippen molar-refractivity contribution >= 4 is 12.0 Å². The predicted octanol–water partition coefficient (Wildman–Crippen LogP) is 3.78. The number of amides is 2. The van der Waals surface area contributed by atoms with Gasteiger partial charge in [-0.2, -0.15) is 18.2 Å². The number of hydrogen-bond acceptors (Lipinski definition) is 6. The predicted molar refractivity (Wildman–Crippen MR) is 130 cm³/mol. The number of benzene rings is 1. The van der Waals surface area contributed by atoms with Crippen LogP contribution >= 0.6 is 0 Å². The van der Waals surface area contributed by atoms with Crippen LogP contribution in [0.5, 0.6) is 5.88 Å². The lowest BCUT2D eigenvalue weighted by molar-refractivity contribution is -0.139. The van der Waals surface area contributed by atoms with Crippen LogP contribution in [0.3, 0.4) is 0 Å². The van der Waals surface area contributed by atoms with E-state index in [4.69, 9.17) is 4.74 Å². The number of carbonyl (C=O) groups excluding carboxylic acids is 1. The maximum absolute atomic E-state index is 13.2. The van der Waals surface area contributed by atoms with Gasteiger partial charge in [-0.15, -0.1) is 0 Å². The number of ether oxygens (including phenoxy) is 1. The molecule has 0 spiro atoms. The lowest BCUT2D eigenvalue weighted by atomic mass is 10.0. The number of piperazine rings is 1. The number of anilines is 1. The lowest BCUT2D eigenvalue weighted by Crippen LogP contribution is -2.62. The standard InChI is InChI=1S/C25H33F3N6O2/c1-17-14-33(23-29-13-21(25(26,27)28)22(31-23)36-3)15-18(2)34(17)24(35)30-20-9-11-32(12-10-20)16-19-7-5-4-6-8-19/h4-8,13,17-18,20H,9-12,14-16H2,1-3H3,(H,30,35)/t17-,18+. The maximum atomic E-state index is 13.2. The molecule has 2 atom stereocenters. The van der Waals surface area contributed by atoms with Gasteiger partial charge in [-0.25, -0.2) is 9.78 Å². The summed E-state index contributed by atoms with van der Waals surface area (Å²) in [4.78, 5) is 27.1. The number of nitrogens with zero attached hydrogens (tertiary/aromatic N) is 5. The van der Waals surface area contributed by atoms with E-state index in [1.165, 1.54) is 5.56 Å². The van der Waals surface area contributed by atoms with Crippen LogP contribution in [-0.2, 0) is 12.7 Å². The van der Waals surface area contributed by atoms with Crippen LogP contribution < -0.4 is 15.0 Å². The van der Waals surface area contributed by atoms with Crippen LogP contribution in [0, 0.1) is 0 Å². The lowest BCUT2D eigenvalue weighted by Gasteiger charge is -2.45. The molecule has 0 bridgehead atoms. The molecule has 2 aliphatic heterocycles. The molecule has 2 saturated heterocycles. The monoisotopic (exact) mass is 506 g/mol. The zero-order chi connectivity index (χ0) is 25.9. The molecular formula is C25H33F3N6O2. The van der Waals surface area contributed by atoms with Gasteiger partial charge in [0.25, 0.3) is 0 Å². The minimum atomic E-state index is -4.60. The van der Waals surface area contributed by atoms with Gasteiger partial charge in [0.05, 0.1) is 7.11 Å². The molecule has 2 aromatic rings. The summed E-state index contributed by atoms with van der Waals surface area (Å²) < 4.78 is 44.3. The van der Waals surface area contributed by atoms with Crippen molar-refractivity contribution in [1.82, 2.24) is 25.1 Å². The maximum Gasteiger partial charge on any atom is 0.423 e. The Balaban J connectivity index is 1.32. The van der Waals surface area contributed by atoms with E-state index in [0.29, 0.717) is 13.1 Å². The number of likely N-dealkylation sites (tertiary alicyclic amines) is 1. The van der Waals surface area contributed by atoms with E-state index >= 15 is 0 Å². The van der Waals surface area contributed by atoms with E-state index in [2.05, 4.69) is 32.3 Å². The second-order valence-corrected chi connectivity index (χ2v) is 9.59. The zero-order valence-corrected chi connectivity index (χ0v) is 20.8. The molecule has 8 nitrogen and oxygen atoms in total. The number of aromatic nitrogens is 2. The molecule has 2 aliphatic rings. The number of nitrogens with one attached hydrogen (secondary N) is 1. The first kappa shape index (κ1) is 26.0. The molecule has 11 heteroatoms. The van der Waals surface area contributed by atoms with Gasteiger partial charge < -0.3 is 19.9 Å². The van der Waals surface area contributed by atoms with E-state index in [9.17, 15) is 18.0 Å². The Labute approximate surface area is 209 Å². The summed E-state index contributed by atoms with van der Waals surface area (Å²) in [7, 11) is 1.15. The highest BCUT2D eigenvalue weighted by Crippen LogP contribution is 2.35. The number of urea groups is 1. The van der Waals surface area contributed by atoms with E-state index in [0.717, 1.165) is 45.8 Å². The largest absolute Gasteiger partial charge is 0.480 e. The molecule has 0 unspecified atom stereocenters. The first-order chi connectivity index (χ1) is 17.2. The Morgan fingerprint density at radius 2 is 1.75 bits per heavy atom. The van der Waals surface area contributed by atoms with Gasteiger partial charge in [-0.1, -0.05) is 30.3 Å². The van der Waals surface area contributed by atoms with Crippen molar-refractivity contribution in [2.24, 2.45) is 0 Å². The number of piperidine rings is 1. The minimum Gasteiger partial charge on any atom is -0.480 e. The van der Waals surface area contributed by atoms with Crippen molar-refractivity contribution in [2.75, 3.05) is 38.2 Å². The van der Waals surface area contributed by atoms with Crippen molar-refractivity contribution in [1.29, 1.82) is 0 Å². The highest BCUT2D eigenvalue weighted by Gasteiger charge is 2.38. The Bertz CT molecular complexity index is 1020. The molecule has 196 valence electrons. The Kier molecular flexibility index (Phi) is 7.87. The van der Waals surface area contributed by atoms with E-state index in [-0.39, 0.29) is 30.1 Å². The molecule has 2 amide bonds. The second-order valence-electron chi connectivity index (χ2n) is 9.59. The number of methoxy groups -OCH3 is 1. The van der Waals surface area contributed by atoms with Crippen molar-refractivity contribution in [2.45, 2.75) is 57.5 Å². The summed E-state index contributed by atoms with van der Waals surface area (Å²) in [5.41, 5.74) is 0.276. The number of carbonyl (C=O) groups is 1. The molecule has 36 heavy (non-hydrogen) atoms. The van der Waals surface area contributed by atoms with Crippen LogP contribution in [0.2, 0.25) is 0 Å². The fraction of sp³-hybridized carbons (Fsp3) is 0.560. The average Bonchev–Trinajstić information content (AvgIpc) is 2.84. The van der Waals surface area contributed by atoms with Crippen LogP contribution in [0.4, 0.5) is 23.9 Å². The molecule has 1 aromatic carbocycles. The molecule has 0 radical (unpaired) electrons. The fourth-order valence-corrected chi connectivity index (χ4v) is 5.07. The van der Waals surface area contributed by atoms with Gasteiger partial charge in [0.15, 0.2) is 0 Å². The normalized spacial score (nSPS) is 21.9. The third-order valence-electron chi connectivity index (χ3n) is 6.84. The van der Waals surface area contributed by atoms with Gasteiger partial charge in [0, 0.05) is 57.0 Å². The Morgan fingerprint density at radius 1 is 1.11 bits per heavy atom. The second kappa shape index (κ2) is 10.9. The number of hydrogen-bond donors (Lipinski definition) is 1. The number of halogens is 3. The molecule has 4 rings (SSSR count). The highest BCUT2D eigenvalue weighted by atomic mass is 19.4. The third-order valence-corrected chi connectivity index (χ3v) is 6.84. The summed E-state index contributed by atoms with van der Waals surface area (Å²) in [5, 5.41) is 3.20. The molecule has 1 aromatic heterocycles. The number of rotatable bonds is 5. The first-order valence-electron chi connectivity index (χ1n) is 12.2. The summed E-state index contributed by atoms with van der Waals surface area (Å²) in [6.45, 7) is 7.41. The summed E-state index contributed by atoms with van der Waals surface area (Å²) in [6, 6.07) is 10.0. The average molecular weight is 507 g/mol. The third kappa shape index (κ3) is 6.00. The molecule has 2 fully saturated rings. The van der Waals surface area contributed by atoms with Gasteiger partial charge in [0.1, 0.15) is 5.56 Å². The van der Waals surface area contributed by atoms with Crippen LogP contribution in [-0.4, -0.2) is 77.2 Å². The van der Waals surface area contributed by atoms with Crippen molar-refractivity contribution in [3.63, 3.8) is 0 Å². The first-order valence-corrected chi connectivity index (χ1v) is 12.2. The van der Waals surface area contributed by atoms with E-state index in [1.54, 1.807) is 4.90 Å². The van der Waals surface area contributed by atoms with Crippen LogP contribution in [0.1, 0.15) is 37.8 Å². The smallest absolute Gasteiger partial charge is 0.423 e. The summed E-state index contributed by atoms with van der Waals surface area (Å²) >= 11 is 0. The van der Waals surface area contributed by atoms with Crippen molar-refractivity contribution < 1.29 is 22.7 Å². The minimum absolute atomic E-state index is 0.109. The van der Waals surface area contributed by atoms with Crippen molar-refractivity contribution in [3.8, 4) is 5.88 Å². The molecular weight excluding hydrogens is 473 g/mol. The zero-order valence-electron chi connectivity index (χ0n) is 20.8. The number of alkyl halides is 3. The topological polar surface area (TPSA) is 73.8 Å². The van der Waals surface area contributed by atoms with Gasteiger partial charge >= 0.3 is 12.2 Å². The molecule has 3 heterocycles. The van der Waals surface area contributed by atoms with Crippen molar-refractivity contribution in [3.05, 3.63) is 47.7 Å². The van der Waals surface area contributed by atoms with Crippen LogP contribution in [0.15, 0.2) is 36.5 Å². The van der Waals surface area contributed by atoms with Crippen LogP contribution in [0.25, 0.3) is 0 Å². The Hall–Kier alpha value is -3.08. The Morgan fingerprint density at radius 3 is 2.33 bits per heavy atom. The molecule has 0 aliphatic carbocycles. The van der Waals surface area contributed by atoms with E-state index < -0.39 is 17.6 Å².